The van der Waals surface area contributed by atoms with E-state index in [0.29, 0.717) is 0 Å². The fraction of sp³-hybridized carbons (Fsp3) is 0.278. The van der Waals surface area contributed by atoms with Gasteiger partial charge in [0.1, 0.15) is 0 Å². The first kappa shape index (κ1) is 13.7. The maximum atomic E-state index is 12.3. The summed E-state index contributed by atoms with van der Waals surface area (Å²) in [6.07, 6.45) is 2.00. The number of carbonyl (C=O) groups is 1. The monoisotopic (exact) mass is 280 g/mol. The lowest BCUT2D eigenvalue weighted by Crippen LogP contribution is -2.32. The van der Waals surface area contributed by atoms with Crippen LogP contribution in [0, 0.1) is 13.8 Å². The molecular formula is C18H20N2O. The van der Waals surface area contributed by atoms with E-state index in [-0.39, 0.29) is 12.1 Å². The van der Waals surface area contributed by atoms with Crippen LogP contribution >= 0.6 is 0 Å². The highest BCUT2D eigenvalue weighted by Crippen LogP contribution is 2.30. The lowest BCUT2D eigenvalue weighted by atomic mass is 10.1. The number of fused-ring (bicyclic) bond motifs is 1. The molecule has 1 aliphatic rings. The molecule has 2 N–H and O–H groups in total. The van der Waals surface area contributed by atoms with Crippen molar-refractivity contribution in [3.05, 3.63) is 64.7 Å². The third kappa shape index (κ3) is 2.77. The molecule has 3 nitrogen and oxygen atoms in total. The topological polar surface area (TPSA) is 41.1 Å². The summed E-state index contributed by atoms with van der Waals surface area (Å²) >= 11 is 0. The van der Waals surface area contributed by atoms with Gasteiger partial charge in [-0.25, -0.2) is 4.79 Å². The minimum absolute atomic E-state index is 0.116. The van der Waals surface area contributed by atoms with E-state index in [0.717, 1.165) is 29.7 Å². The Balaban J connectivity index is 1.71. The van der Waals surface area contributed by atoms with Crippen LogP contribution in [-0.2, 0) is 6.42 Å². The van der Waals surface area contributed by atoms with Crippen LogP contribution in [-0.4, -0.2) is 6.03 Å². The summed E-state index contributed by atoms with van der Waals surface area (Å²) in [6.45, 7) is 4.01. The summed E-state index contributed by atoms with van der Waals surface area (Å²) in [4.78, 5) is 12.3. The number of hydrogen-bond donors (Lipinski definition) is 2. The standard InChI is InChI=1S/C18H20N2O/c1-12-6-5-7-13(2)17(12)20-18(21)19-16-11-10-14-8-3-4-9-15(14)16/h3-9,16H,10-11H2,1-2H3,(H2,19,20,21)/t16-/m0/s1. The first-order chi connectivity index (χ1) is 10.1. The zero-order valence-corrected chi connectivity index (χ0v) is 12.4. The molecule has 0 aliphatic heterocycles. The van der Waals surface area contributed by atoms with Crippen molar-refractivity contribution in [1.29, 1.82) is 0 Å². The van der Waals surface area contributed by atoms with Gasteiger partial charge in [-0.15, -0.1) is 0 Å². The molecule has 21 heavy (non-hydrogen) atoms. The molecular weight excluding hydrogens is 260 g/mol. The first-order valence-corrected chi connectivity index (χ1v) is 7.36. The average Bonchev–Trinajstić information content (AvgIpc) is 2.87. The quantitative estimate of drug-likeness (QED) is 0.854. The second-order valence-electron chi connectivity index (χ2n) is 5.66. The number of benzene rings is 2. The summed E-state index contributed by atoms with van der Waals surface area (Å²) < 4.78 is 0. The Morgan fingerprint density at radius 2 is 1.76 bits per heavy atom. The molecule has 1 atom stereocenters. The molecule has 0 heterocycles. The lowest BCUT2D eigenvalue weighted by molar-refractivity contribution is 0.248. The Kier molecular flexibility index (Phi) is 3.65. The number of hydrogen-bond acceptors (Lipinski definition) is 1. The Morgan fingerprint density at radius 1 is 1.05 bits per heavy atom. The highest BCUT2D eigenvalue weighted by Gasteiger charge is 2.23. The zero-order chi connectivity index (χ0) is 14.8. The molecule has 2 aromatic carbocycles. The van der Waals surface area contributed by atoms with Crippen LogP contribution in [0.3, 0.4) is 0 Å². The van der Waals surface area contributed by atoms with Crippen molar-refractivity contribution in [2.45, 2.75) is 32.7 Å². The van der Waals surface area contributed by atoms with Crippen molar-refractivity contribution >= 4 is 11.7 Å². The highest BCUT2D eigenvalue weighted by atomic mass is 16.2. The number of urea groups is 1. The minimum Gasteiger partial charge on any atom is -0.331 e. The number of carbonyl (C=O) groups excluding carboxylic acids is 1. The molecule has 0 saturated heterocycles. The van der Waals surface area contributed by atoms with Gasteiger partial charge in [-0.3, -0.25) is 0 Å². The Labute approximate surface area is 125 Å². The van der Waals surface area contributed by atoms with E-state index in [1.54, 1.807) is 0 Å². The molecule has 0 saturated carbocycles. The molecule has 0 aromatic heterocycles. The van der Waals surface area contributed by atoms with E-state index in [1.807, 2.05) is 38.1 Å². The predicted molar refractivity (Wildman–Crippen MR) is 85.6 cm³/mol. The number of anilines is 1. The van der Waals surface area contributed by atoms with E-state index < -0.39 is 0 Å². The number of nitrogens with one attached hydrogen (secondary N) is 2. The summed E-state index contributed by atoms with van der Waals surface area (Å²) in [5.74, 6) is 0. The number of amides is 2. The second kappa shape index (κ2) is 5.60. The Hall–Kier alpha value is -2.29. The van der Waals surface area contributed by atoms with Crippen molar-refractivity contribution in [3.63, 3.8) is 0 Å². The van der Waals surface area contributed by atoms with E-state index in [2.05, 4.69) is 28.8 Å². The maximum absolute atomic E-state index is 12.3. The van der Waals surface area contributed by atoms with Crippen molar-refractivity contribution in [2.75, 3.05) is 5.32 Å². The van der Waals surface area contributed by atoms with Gasteiger partial charge < -0.3 is 10.6 Å². The van der Waals surface area contributed by atoms with Crippen molar-refractivity contribution < 1.29 is 4.79 Å². The van der Waals surface area contributed by atoms with Gasteiger partial charge in [0.15, 0.2) is 0 Å². The van der Waals surface area contributed by atoms with Crippen molar-refractivity contribution in [1.82, 2.24) is 5.32 Å². The SMILES string of the molecule is Cc1cccc(C)c1NC(=O)N[C@H]1CCc2ccccc21. The molecule has 108 valence electrons. The largest absolute Gasteiger partial charge is 0.331 e. The molecule has 2 amide bonds. The molecule has 0 radical (unpaired) electrons. The van der Waals surface area contributed by atoms with E-state index in [1.165, 1.54) is 11.1 Å². The number of rotatable bonds is 2. The van der Waals surface area contributed by atoms with Gasteiger partial charge in [0.05, 0.1) is 6.04 Å². The molecule has 2 aromatic rings. The highest BCUT2D eigenvalue weighted by molar-refractivity contribution is 5.91. The first-order valence-electron chi connectivity index (χ1n) is 7.36. The average molecular weight is 280 g/mol. The Morgan fingerprint density at radius 3 is 2.52 bits per heavy atom. The van der Waals surface area contributed by atoms with Crippen LogP contribution in [0.4, 0.5) is 10.5 Å². The third-order valence-corrected chi connectivity index (χ3v) is 4.16. The van der Waals surface area contributed by atoms with E-state index >= 15 is 0 Å². The number of aryl methyl sites for hydroxylation is 3. The van der Waals surface area contributed by atoms with Gasteiger partial charge >= 0.3 is 6.03 Å². The lowest BCUT2D eigenvalue weighted by Gasteiger charge is -2.17. The van der Waals surface area contributed by atoms with Gasteiger partial charge in [-0.05, 0) is 48.9 Å². The summed E-state index contributed by atoms with van der Waals surface area (Å²) in [5, 5.41) is 6.07. The minimum atomic E-state index is -0.130. The molecule has 3 rings (SSSR count). The van der Waals surface area contributed by atoms with Gasteiger partial charge in [0.2, 0.25) is 0 Å². The van der Waals surface area contributed by atoms with Crippen LogP contribution in [0.1, 0.15) is 34.7 Å². The fourth-order valence-corrected chi connectivity index (χ4v) is 3.03. The van der Waals surface area contributed by atoms with E-state index in [4.69, 9.17) is 0 Å². The van der Waals surface area contributed by atoms with Gasteiger partial charge in [-0.1, -0.05) is 42.5 Å². The molecule has 1 aliphatic carbocycles. The third-order valence-electron chi connectivity index (χ3n) is 4.16. The summed E-state index contributed by atoms with van der Waals surface area (Å²) in [5.41, 5.74) is 5.65. The van der Waals surface area contributed by atoms with Gasteiger partial charge in [0.25, 0.3) is 0 Å². The molecule has 0 spiro atoms. The van der Waals surface area contributed by atoms with Crippen LogP contribution in [0.5, 0.6) is 0 Å². The van der Waals surface area contributed by atoms with Crippen molar-refractivity contribution in [3.8, 4) is 0 Å². The normalized spacial score (nSPS) is 16.4. The van der Waals surface area contributed by atoms with Crippen LogP contribution in [0.15, 0.2) is 42.5 Å². The molecule has 0 bridgehead atoms. The molecule has 3 heteroatoms. The predicted octanol–water partition coefficient (Wildman–Crippen LogP) is 4.11. The van der Waals surface area contributed by atoms with E-state index in [9.17, 15) is 4.79 Å². The van der Waals surface area contributed by atoms with Crippen LogP contribution in [0.25, 0.3) is 0 Å². The van der Waals surface area contributed by atoms with Gasteiger partial charge in [0, 0.05) is 5.69 Å². The molecule has 0 unspecified atom stereocenters. The number of para-hydroxylation sites is 1. The second-order valence-corrected chi connectivity index (χ2v) is 5.66. The molecule has 0 fully saturated rings. The van der Waals surface area contributed by atoms with Crippen molar-refractivity contribution in [2.24, 2.45) is 0 Å². The summed E-state index contributed by atoms with van der Waals surface area (Å²) in [7, 11) is 0. The van der Waals surface area contributed by atoms with Crippen LogP contribution in [0.2, 0.25) is 0 Å². The summed E-state index contributed by atoms with van der Waals surface area (Å²) in [6, 6.07) is 14.3. The van der Waals surface area contributed by atoms with Crippen LogP contribution < -0.4 is 10.6 Å². The smallest absolute Gasteiger partial charge is 0.319 e. The Bertz CT molecular complexity index is 658. The maximum Gasteiger partial charge on any atom is 0.319 e. The zero-order valence-electron chi connectivity index (χ0n) is 12.4. The van der Waals surface area contributed by atoms with Gasteiger partial charge in [-0.2, -0.15) is 0 Å². The fourth-order valence-electron chi connectivity index (χ4n) is 3.03.